The van der Waals surface area contributed by atoms with Crippen LogP contribution < -0.4 is 5.32 Å². The van der Waals surface area contributed by atoms with Crippen LogP contribution in [0.3, 0.4) is 0 Å². The molecule has 0 spiro atoms. The molecule has 0 fully saturated rings. The molecule has 3 aromatic rings. The summed E-state index contributed by atoms with van der Waals surface area (Å²) in [6, 6.07) is 12.9. The lowest BCUT2D eigenvalue weighted by molar-refractivity contribution is 0.867. The molecule has 0 aliphatic heterocycles. The fourth-order valence-electron chi connectivity index (χ4n) is 2.37. The van der Waals surface area contributed by atoms with E-state index in [4.69, 9.17) is 0 Å². The third-order valence-corrected chi connectivity index (χ3v) is 4.27. The molecule has 0 bridgehead atoms. The van der Waals surface area contributed by atoms with Gasteiger partial charge in [0.1, 0.15) is 5.82 Å². The second kappa shape index (κ2) is 5.02. The molecule has 0 saturated carbocycles. The SMILES string of the molecule is Cc1ccccc1C(C)Nc1nccc2sccc12. The predicted octanol–water partition coefficient (Wildman–Crippen LogP) is 4.78. The van der Waals surface area contributed by atoms with Gasteiger partial charge in [0.25, 0.3) is 0 Å². The molecule has 3 rings (SSSR count). The minimum atomic E-state index is 0.249. The van der Waals surface area contributed by atoms with Crippen molar-refractivity contribution in [2.24, 2.45) is 0 Å². The van der Waals surface area contributed by atoms with Crippen molar-refractivity contribution in [3.05, 3.63) is 59.1 Å². The largest absolute Gasteiger partial charge is 0.363 e. The number of rotatable bonds is 3. The number of fused-ring (bicyclic) bond motifs is 1. The van der Waals surface area contributed by atoms with Crippen LogP contribution in [0.1, 0.15) is 24.1 Å². The second-order valence-electron chi connectivity index (χ2n) is 4.71. The van der Waals surface area contributed by atoms with E-state index >= 15 is 0 Å². The summed E-state index contributed by atoms with van der Waals surface area (Å²) in [4.78, 5) is 4.47. The summed E-state index contributed by atoms with van der Waals surface area (Å²) in [7, 11) is 0. The van der Waals surface area contributed by atoms with E-state index in [1.165, 1.54) is 21.2 Å². The first-order chi connectivity index (χ1) is 9.25. The number of pyridine rings is 1. The Kier molecular flexibility index (Phi) is 3.22. The third kappa shape index (κ3) is 2.34. The zero-order valence-electron chi connectivity index (χ0n) is 11.1. The van der Waals surface area contributed by atoms with E-state index in [-0.39, 0.29) is 6.04 Å². The molecule has 1 atom stereocenters. The summed E-state index contributed by atoms with van der Waals surface area (Å²) in [6.07, 6.45) is 1.87. The zero-order chi connectivity index (χ0) is 13.2. The second-order valence-corrected chi connectivity index (χ2v) is 5.66. The van der Waals surface area contributed by atoms with Gasteiger partial charge < -0.3 is 5.32 Å². The van der Waals surface area contributed by atoms with Crippen molar-refractivity contribution in [1.29, 1.82) is 0 Å². The topological polar surface area (TPSA) is 24.9 Å². The number of anilines is 1. The lowest BCUT2D eigenvalue weighted by atomic mass is 10.0. The molecular formula is C16H16N2S. The van der Waals surface area contributed by atoms with Gasteiger partial charge in [-0.05, 0) is 42.5 Å². The van der Waals surface area contributed by atoms with E-state index in [1.807, 2.05) is 6.20 Å². The first kappa shape index (κ1) is 12.2. The van der Waals surface area contributed by atoms with Crippen LogP contribution in [0.25, 0.3) is 10.1 Å². The Hall–Kier alpha value is -1.87. The van der Waals surface area contributed by atoms with Crippen molar-refractivity contribution in [3.8, 4) is 0 Å². The van der Waals surface area contributed by atoms with Crippen LogP contribution in [0, 0.1) is 6.92 Å². The molecule has 1 unspecified atom stereocenters. The van der Waals surface area contributed by atoms with Crippen molar-refractivity contribution in [2.45, 2.75) is 19.9 Å². The Morgan fingerprint density at radius 3 is 2.84 bits per heavy atom. The summed E-state index contributed by atoms with van der Waals surface area (Å²) in [5.41, 5.74) is 2.62. The van der Waals surface area contributed by atoms with Gasteiger partial charge in [-0.1, -0.05) is 24.3 Å². The number of aromatic nitrogens is 1. The highest BCUT2D eigenvalue weighted by molar-refractivity contribution is 7.17. The molecule has 0 saturated heterocycles. The van der Waals surface area contributed by atoms with E-state index in [0.717, 1.165) is 5.82 Å². The van der Waals surface area contributed by atoms with Gasteiger partial charge in [-0.15, -0.1) is 11.3 Å². The molecule has 96 valence electrons. The molecule has 0 aliphatic rings. The fraction of sp³-hybridized carbons (Fsp3) is 0.188. The van der Waals surface area contributed by atoms with Crippen LogP contribution >= 0.6 is 11.3 Å². The monoisotopic (exact) mass is 268 g/mol. The molecular weight excluding hydrogens is 252 g/mol. The van der Waals surface area contributed by atoms with Gasteiger partial charge in [-0.25, -0.2) is 4.98 Å². The summed E-state index contributed by atoms with van der Waals surface area (Å²) in [5, 5.41) is 6.83. The van der Waals surface area contributed by atoms with Crippen LogP contribution in [-0.4, -0.2) is 4.98 Å². The molecule has 3 heteroatoms. The van der Waals surface area contributed by atoms with Crippen LogP contribution in [-0.2, 0) is 0 Å². The highest BCUT2D eigenvalue weighted by Crippen LogP contribution is 2.29. The summed E-state index contributed by atoms with van der Waals surface area (Å²) in [6.45, 7) is 4.32. The number of hydrogen-bond donors (Lipinski definition) is 1. The first-order valence-corrected chi connectivity index (χ1v) is 7.28. The average molecular weight is 268 g/mol. The Morgan fingerprint density at radius 2 is 2.00 bits per heavy atom. The summed E-state index contributed by atoms with van der Waals surface area (Å²) < 4.78 is 1.27. The lowest BCUT2D eigenvalue weighted by Crippen LogP contribution is -2.09. The molecule has 2 nitrogen and oxygen atoms in total. The molecule has 1 aromatic carbocycles. The maximum atomic E-state index is 4.47. The number of nitrogens with one attached hydrogen (secondary N) is 1. The zero-order valence-corrected chi connectivity index (χ0v) is 11.9. The van der Waals surface area contributed by atoms with Crippen molar-refractivity contribution in [3.63, 3.8) is 0 Å². The molecule has 2 heterocycles. The standard InChI is InChI=1S/C16H16N2S/c1-11-5-3-4-6-13(11)12(2)18-16-14-8-10-19-15(14)7-9-17-16/h3-10,12H,1-2H3,(H,17,18). The van der Waals surface area contributed by atoms with Gasteiger partial charge in [0.2, 0.25) is 0 Å². The molecule has 19 heavy (non-hydrogen) atoms. The molecule has 0 radical (unpaired) electrons. The molecule has 1 N–H and O–H groups in total. The number of thiophene rings is 1. The van der Waals surface area contributed by atoms with Crippen molar-refractivity contribution in [2.75, 3.05) is 5.32 Å². The Labute approximate surface area is 117 Å². The van der Waals surface area contributed by atoms with E-state index < -0.39 is 0 Å². The normalized spacial score (nSPS) is 12.5. The predicted molar refractivity (Wildman–Crippen MR) is 82.8 cm³/mol. The minimum absolute atomic E-state index is 0.249. The van der Waals surface area contributed by atoms with Gasteiger partial charge in [0, 0.05) is 16.3 Å². The first-order valence-electron chi connectivity index (χ1n) is 6.40. The van der Waals surface area contributed by atoms with Crippen molar-refractivity contribution < 1.29 is 0 Å². The van der Waals surface area contributed by atoms with Crippen LogP contribution in [0.15, 0.2) is 48.0 Å². The van der Waals surface area contributed by atoms with E-state index in [2.05, 4.69) is 65.9 Å². The maximum absolute atomic E-state index is 4.47. The highest BCUT2D eigenvalue weighted by Gasteiger charge is 2.10. The van der Waals surface area contributed by atoms with Crippen molar-refractivity contribution >= 4 is 27.2 Å². The van der Waals surface area contributed by atoms with E-state index in [0.29, 0.717) is 0 Å². The van der Waals surface area contributed by atoms with Crippen LogP contribution in [0.5, 0.6) is 0 Å². The van der Waals surface area contributed by atoms with Gasteiger partial charge >= 0.3 is 0 Å². The van der Waals surface area contributed by atoms with E-state index in [1.54, 1.807) is 11.3 Å². The number of aryl methyl sites for hydroxylation is 1. The number of nitrogens with zero attached hydrogens (tertiary/aromatic N) is 1. The minimum Gasteiger partial charge on any atom is -0.363 e. The van der Waals surface area contributed by atoms with E-state index in [9.17, 15) is 0 Å². The smallest absolute Gasteiger partial charge is 0.135 e. The number of hydrogen-bond acceptors (Lipinski definition) is 3. The third-order valence-electron chi connectivity index (χ3n) is 3.39. The highest BCUT2D eigenvalue weighted by atomic mass is 32.1. The van der Waals surface area contributed by atoms with Gasteiger partial charge in [0.15, 0.2) is 0 Å². The molecule has 0 aliphatic carbocycles. The van der Waals surface area contributed by atoms with Gasteiger partial charge in [0.05, 0.1) is 6.04 Å². The molecule has 2 aromatic heterocycles. The summed E-state index contributed by atoms with van der Waals surface area (Å²) in [5.74, 6) is 0.967. The Bertz CT molecular complexity index is 703. The van der Waals surface area contributed by atoms with Crippen molar-refractivity contribution in [1.82, 2.24) is 4.98 Å². The quantitative estimate of drug-likeness (QED) is 0.739. The Morgan fingerprint density at radius 1 is 1.16 bits per heavy atom. The summed E-state index contributed by atoms with van der Waals surface area (Å²) >= 11 is 1.75. The van der Waals surface area contributed by atoms with Crippen LogP contribution in [0.2, 0.25) is 0 Å². The lowest BCUT2D eigenvalue weighted by Gasteiger charge is -2.17. The number of benzene rings is 1. The average Bonchev–Trinajstić information content (AvgIpc) is 2.88. The maximum Gasteiger partial charge on any atom is 0.135 e. The van der Waals surface area contributed by atoms with Crippen LogP contribution in [0.4, 0.5) is 5.82 Å². The van der Waals surface area contributed by atoms with Gasteiger partial charge in [-0.3, -0.25) is 0 Å². The fourth-order valence-corrected chi connectivity index (χ4v) is 3.15. The molecule has 0 amide bonds. The Balaban J connectivity index is 1.93. The van der Waals surface area contributed by atoms with Gasteiger partial charge in [-0.2, -0.15) is 0 Å².